The number of fused-ring (bicyclic) bond motifs is 1. The zero-order valence-electron chi connectivity index (χ0n) is 16.7. The summed E-state index contributed by atoms with van der Waals surface area (Å²) in [6.07, 6.45) is 0. The Hall–Kier alpha value is -2.70. The van der Waals surface area contributed by atoms with E-state index in [4.69, 9.17) is 23.2 Å². The maximum absolute atomic E-state index is 13.0. The molecule has 0 unspecified atom stereocenters. The van der Waals surface area contributed by atoms with Gasteiger partial charge in [-0.25, -0.2) is 9.97 Å². The average Bonchev–Trinajstić information content (AvgIpc) is 2.73. The molecule has 2 aromatic carbocycles. The van der Waals surface area contributed by atoms with Gasteiger partial charge in [-0.3, -0.25) is 9.59 Å². The third-order valence-electron chi connectivity index (χ3n) is 5.34. The van der Waals surface area contributed by atoms with E-state index in [1.165, 1.54) is 0 Å². The summed E-state index contributed by atoms with van der Waals surface area (Å²) in [5.41, 5.74) is 4.18. The minimum atomic E-state index is -0.157. The zero-order chi connectivity index (χ0) is 21.4. The van der Waals surface area contributed by atoms with Gasteiger partial charge in [0.1, 0.15) is 0 Å². The molecule has 0 saturated carbocycles. The fraction of sp³-hybridized carbons (Fsp3) is 0.273. The van der Waals surface area contributed by atoms with Crippen LogP contribution in [0.15, 0.2) is 36.4 Å². The van der Waals surface area contributed by atoms with Crippen molar-refractivity contribution in [1.82, 2.24) is 19.8 Å². The third kappa shape index (κ3) is 3.98. The van der Waals surface area contributed by atoms with Crippen LogP contribution >= 0.6 is 23.2 Å². The van der Waals surface area contributed by atoms with Crippen molar-refractivity contribution >= 4 is 46.0 Å². The maximum atomic E-state index is 13.0. The number of carbonyl (C=O) groups is 2. The second-order valence-electron chi connectivity index (χ2n) is 7.31. The number of aryl methyl sites for hydroxylation is 2. The summed E-state index contributed by atoms with van der Waals surface area (Å²) in [5, 5.41) is 0.811. The van der Waals surface area contributed by atoms with Gasteiger partial charge in [0, 0.05) is 36.8 Å². The number of halogens is 2. The van der Waals surface area contributed by atoms with E-state index in [2.05, 4.69) is 9.97 Å². The molecule has 0 radical (unpaired) electrons. The molecule has 1 aromatic heterocycles. The van der Waals surface area contributed by atoms with E-state index in [9.17, 15) is 9.59 Å². The van der Waals surface area contributed by atoms with E-state index in [1.807, 2.05) is 19.9 Å². The van der Waals surface area contributed by atoms with E-state index in [0.717, 1.165) is 16.9 Å². The van der Waals surface area contributed by atoms with E-state index < -0.39 is 0 Å². The van der Waals surface area contributed by atoms with Gasteiger partial charge in [-0.05, 0) is 50.2 Å². The lowest BCUT2D eigenvalue weighted by molar-refractivity contribution is 0.0535. The minimum Gasteiger partial charge on any atom is -0.335 e. The Balaban J connectivity index is 1.46. The van der Waals surface area contributed by atoms with E-state index >= 15 is 0 Å². The van der Waals surface area contributed by atoms with Crippen molar-refractivity contribution in [3.05, 3.63) is 69.0 Å². The highest BCUT2D eigenvalue weighted by Crippen LogP contribution is 2.23. The number of hydrogen-bond donors (Lipinski definition) is 0. The molecule has 0 bridgehead atoms. The highest BCUT2D eigenvalue weighted by molar-refractivity contribution is 6.36. The lowest BCUT2D eigenvalue weighted by Gasteiger charge is -2.35. The number of carbonyl (C=O) groups excluding carboxylic acids is 2. The molecule has 3 aromatic rings. The topological polar surface area (TPSA) is 66.4 Å². The summed E-state index contributed by atoms with van der Waals surface area (Å²) < 4.78 is 0. The van der Waals surface area contributed by atoms with Gasteiger partial charge in [0.2, 0.25) is 0 Å². The SMILES string of the molecule is Cc1nc2ccc(C(=O)N3CCN(C(=O)c4ccc(Cl)cc4Cl)CC3)cc2nc1C. The van der Waals surface area contributed by atoms with Crippen LogP contribution in [0.2, 0.25) is 10.0 Å². The van der Waals surface area contributed by atoms with Crippen LogP contribution in [-0.4, -0.2) is 57.8 Å². The van der Waals surface area contributed by atoms with Crippen molar-refractivity contribution in [3.8, 4) is 0 Å². The van der Waals surface area contributed by atoms with Gasteiger partial charge >= 0.3 is 0 Å². The number of nitrogens with zero attached hydrogens (tertiary/aromatic N) is 4. The smallest absolute Gasteiger partial charge is 0.255 e. The van der Waals surface area contributed by atoms with Crippen LogP contribution in [0.3, 0.4) is 0 Å². The van der Waals surface area contributed by atoms with E-state index in [0.29, 0.717) is 52.9 Å². The lowest BCUT2D eigenvalue weighted by atomic mass is 10.1. The third-order valence-corrected chi connectivity index (χ3v) is 5.89. The monoisotopic (exact) mass is 442 g/mol. The van der Waals surface area contributed by atoms with Crippen molar-refractivity contribution in [1.29, 1.82) is 0 Å². The van der Waals surface area contributed by atoms with Crippen molar-refractivity contribution in [2.45, 2.75) is 13.8 Å². The first kappa shape index (κ1) is 20.6. The summed E-state index contributed by atoms with van der Waals surface area (Å²) in [6, 6.07) is 10.2. The number of rotatable bonds is 2. The summed E-state index contributed by atoms with van der Waals surface area (Å²) >= 11 is 12.1. The Kier molecular flexibility index (Phi) is 5.62. The predicted octanol–water partition coefficient (Wildman–Crippen LogP) is 4.15. The molecule has 30 heavy (non-hydrogen) atoms. The minimum absolute atomic E-state index is 0.0754. The van der Waals surface area contributed by atoms with Crippen LogP contribution in [0, 0.1) is 13.8 Å². The summed E-state index contributed by atoms with van der Waals surface area (Å²) in [5.74, 6) is -0.232. The second kappa shape index (κ2) is 8.20. The van der Waals surface area contributed by atoms with Crippen LogP contribution in [-0.2, 0) is 0 Å². The molecule has 2 amide bonds. The Morgan fingerprint density at radius 1 is 0.800 bits per heavy atom. The zero-order valence-corrected chi connectivity index (χ0v) is 18.2. The molecule has 8 heteroatoms. The molecule has 1 fully saturated rings. The Morgan fingerprint density at radius 3 is 2.03 bits per heavy atom. The Labute approximate surface area is 184 Å². The molecule has 154 valence electrons. The molecule has 4 rings (SSSR count). The molecule has 1 aliphatic heterocycles. The summed E-state index contributed by atoms with van der Waals surface area (Å²) in [4.78, 5) is 38.2. The first-order chi connectivity index (χ1) is 14.3. The van der Waals surface area contributed by atoms with E-state index in [1.54, 1.807) is 40.1 Å². The molecule has 1 aliphatic rings. The van der Waals surface area contributed by atoms with Gasteiger partial charge in [0.05, 0.1) is 33.0 Å². The number of amides is 2. The van der Waals surface area contributed by atoms with E-state index in [-0.39, 0.29) is 11.8 Å². The van der Waals surface area contributed by atoms with Gasteiger partial charge in [0.15, 0.2) is 0 Å². The molecule has 6 nitrogen and oxygen atoms in total. The van der Waals surface area contributed by atoms with Crippen molar-refractivity contribution in [2.75, 3.05) is 26.2 Å². The van der Waals surface area contributed by atoms with Crippen LogP contribution in [0.1, 0.15) is 32.1 Å². The largest absolute Gasteiger partial charge is 0.335 e. The second-order valence-corrected chi connectivity index (χ2v) is 8.15. The molecule has 2 heterocycles. The first-order valence-corrected chi connectivity index (χ1v) is 10.4. The fourth-order valence-electron chi connectivity index (χ4n) is 3.49. The number of aromatic nitrogens is 2. The molecule has 0 spiro atoms. The normalized spacial score (nSPS) is 14.3. The van der Waals surface area contributed by atoms with Gasteiger partial charge < -0.3 is 9.80 Å². The van der Waals surface area contributed by atoms with Gasteiger partial charge in [0.25, 0.3) is 11.8 Å². The van der Waals surface area contributed by atoms with Crippen LogP contribution < -0.4 is 0 Å². The standard InChI is InChI=1S/C22H20Cl2N4O2/c1-13-14(2)26-20-11-15(3-6-19(20)25-13)21(29)27-7-9-28(10-8-27)22(30)17-5-4-16(23)12-18(17)24/h3-6,11-12H,7-10H2,1-2H3. The van der Waals surface area contributed by atoms with Crippen LogP contribution in [0.4, 0.5) is 0 Å². The summed E-state index contributed by atoms with van der Waals surface area (Å²) in [6.45, 7) is 5.60. The van der Waals surface area contributed by atoms with Gasteiger partial charge in [-0.15, -0.1) is 0 Å². The Bertz CT molecular complexity index is 1160. The highest BCUT2D eigenvalue weighted by Gasteiger charge is 2.26. The molecule has 1 saturated heterocycles. The van der Waals surface area contributed by atoms with Crippen molar-refractivity contribution in [3.63, 3.8) is 0 Å². The highest BCUT2D eigenvalue weighted by atomic mass is 35.5. The Morgan fingerprint density at radius 2 is 1.40 bits per heavy atom. The average molecular weight is 443 g/mol. The molecular formula is C22H20Cl2N4O2. The number of hydrogen-bond acceptors (Lipinski definition) is 4. The number of benzene rings is 2. The van der Waals surface area contributed by atoms with Gasteiger partial charge in [-0.2, -0.15) is 0 Å². The van der Waals surface area contributed by atoms with Crippen molar-refractivity contribution in [2.24, 2.45) is 0 Å². The van der Waals surface area contributed by atoms with Crippen LogP contribution in [0.25, 0.3) is 11.0 Å². The first-order valence-electron chi connectivity index (χ1n) is 9.62. The van der Waals surface area contributed by atoms with Gasteiger partial charge in [-0.1, -0.05) is 23.2 Å². The molecule has 0 atom stereocenters. The number of piperazine rings is 1. The van der Waals surface area contributed by atoms with Crippen molar-refractivity contribution < 1.29 is 9.59 Å². The molecule has 0 aliphatic carbocycles. The maximum Gasteiger partial charge on any atom is 0.255 e. The molecular weight excluding hydrogens is 423 g/mol. The molecule has 0 N–H and O–H groups in total. The quantitative estimate of drug-likeness (QED) is 0.597. The van der Waals surface area contributed by atoms with Crippen LogP contribution in [0.5, 0.6) is 0 Å². The predicted molar refractivity (Wildman–Crippen MR) is 117 cm³/mol. The summed E-state index contributed by atoms with van der Waals surface area (Å²) in [7, 11) is 0. The lowest BCUT2D eigenvalue weighted by Crippen LogP contribution is -2.50. The fourth-order valence-corrected chi connectivity index (χ4v) is 3.98.